The van der Waals surface area contributed by atoms with Gasteiger partial charge in [-0.1, -0.05) is 72.7 Å². The molecule has 0 fully saturated rings. The Morgan fingerprint density at radius 1 is 0.778 bits per heavy atom. The third kappa shape index (κ3) is 4.42. The smallest absolute Gasteiger partial charge is 0.127 e. The van der Waals surface area contributed by atoms with Crippen LogP contribution in [-0.2, 0) is 10.8 Å². The van der Waals surface area contributed by atoms with Crippen molar-refractivity contribution in [2.75, 3.05) is 0 Å². The van der Waals surface area contributed by atoms with Crippen molar-refractivity contribution in [1.29, 1.82) is 0 Å². The summed E-state index contributed by atoms with van der Waals surface area (Å²) in [5, 5.41) is 0. The largest absolute Gasteiger partial charge is 0.207 e. The quantitative estimate of drug-likeness (QED) is 0.468. The second kappa shape index (κ2) is 8.12. The molecule has 0 spiro atoms. The van der Waals surface area contributed by atoms with Crippen LogP contribution in [0.2, 0.25) is 0 Å². The van der Waals surface area contributed by atoms with Gasteiger partial charge in [-0.3, -0.25) is 0 Å². The van der Waals surface area contributed by atoms with E-state index in [1.54, 1.807) is 24.3 Å². The second-order valence-electron chi connectivity index (χ2n) is 8.79. The van der Waals surface area contributed by atoms with Crippen molar-refractivity contribution in [2.24, 2.45) is 0 Å². The molecule has 147 valence electrons. The summed E-state index contributed by atoms with van der Waals surface area (Å²) in [5.41, 5.74) is 2.80. The van der Waals surface area contributed by atoms with E-state index in [9.17, 15) is 8.78 Å². The molecule has 0 aliphatic carbocycles. The lowest BCUT2D eigenvalue weighted by Gasteiger charge is -2.26. The van der Waals surface area contributed by atoms with Gasteiger partial charge in [0.05, 0.1) is 0 Å². The molecule has 0 atom stereocenters. The van der Waals surface area contributed by atoms with Crippen LogP contribution in [0.5, 0.6) is 0 Å². The Hall–Kier alpha value is -1.70. The van der Waals surface area contributed by atoms with Crippen LogP contribution < -0.4 is 0 Å². The summed E-state index contributed by atoms with van der Waals surface area (Å²) in [7, 11) is 0. The van der Waals surface area contributed by atoms with Gasteiger partial charge in [-0.15, -0.1) is 0 Å². The normalized spacial score (nSPS) is 12.7. The van der Waals surface area contributed by atoms with E-state index < -0.39 is 0 Å². The van der Waals surface area contributed by atoms with Gasteiger partial charge in [0.1, 0.15) is 11.6 Å². The highest BCUT2D eigenvalue weighted by atomic mass is 19.1. The van der Waals surface area contributed by atoms with Crippen LogP contribution in [0.4, 0.5) is 8.78 Å². The number of hydrogen-bond donors (Lipinski definition) is 0. The summed E-state index contributed by atoms with van der Waals surface area (Å²) < 4.78 is 29.9. The van der Waals surface area contributed by atoms with Gasteiger partial charge in [-0.05, 0) is 64.5 Å². The molecular weight excluding hydrogens is 338 g/mol. The molecule has 2 aromatic rings. The van der Waals surface area contributed by atoms with E-state index >= 15 is 0 Å². The van der Waals surface area contributed by atoms with Crippen LogP contribution in [-0.4, -0.2) is 0 Å². The lowest BCUT2D eigenvalue weighted by Crippen LogP contribution is -2.17. The fourth-order valence-corrected chi connectivity index (χ4v) is 3.35. The van der Waals surface area contributed by atoms with Crippen LogP contribution in [0.15, 0.2) is 36.4 Å². The van der Waals surface area contributed by atoms with Gasteiger partial charge >= 0.3 is 0 Å². The minimum atomic E-state index is -0.387. The zero-order chi connectivity index (χ0) is 20.4. The minimum absolute atomic E-state index is 0.0854. The third-order valence-electron chi connectivity index (χ3n) is 6.37. The highest BCUT2D eigenvalue weighted by Crippen LogP contribution is 2.36. The molecule has 0 aliphatic heterocycles. The summed E-state index contributed by atoms with van der Waals surface area (Å²) in [6.07, 6.45) is 2.25. The second-order valence-corrected chi connectivity index (χ2v) is 8.79. The molecule has 0 heterocycles. The van der Waals surface area contributed by atoms with Crippen LogP contribution in [0, 0.1) is 18.6 Å². The van der Waals surface area contributed by atoms with E-state index in [1.807, 2.05) is 12.1 Å². The van der Waals surface area contributed by atoms with Gasteiger partial charge in [0, 0.05) is 5.92 Å². The fraction of sp³-hybridized carbons (Fsp3) is 0.480. The Bertz CT molecular complexity index is 721. The molecule has 2 heteroatoms. The molecule has 0 nitrogen and oxygen atoms in total. The van der Waals surface area contributed by atoms with Gasteiger partial charge in [0.2, 0.25) is 0 Å². The lowest BCUT2D eigenvalue weighted by molar-refractivity contribution is 0.495. The van der Waals surface area contributed by atoms with Crippen molar-refractivity contribution in [3.05, 3.63) is 77.2 Å². The topological polar surface area (TPSA) is 0 Å². The van der Waals surface area contributed by atoms with Crippen molar-refractivity contribution in [3.8, 4) is 0 Å². The highest BCUT2D eigenvalue weighted by molar-refractivity contribution is 5.40. The summed E-state index contributed by atoms with van der Waals surface area (Å²) in [4.78, 5) is 0. The van der Waals surface area contributed by atoms with Crippen molar-refractivity contribution >= 4 is 0 Å². The van der Waals surface area contributed by atoms with Crippen molar-refractivity contribution in [3.63, 3.8) is 0 Å². The van der Waals surface area contributed by atoms with Crippen molar-refractivity contribution in [2.45, 2.75) is 77.6 Å². The summed E-state index contributed by atoms with van der Waals surface area (Å²) in [5.74, 6) is -0.942. The van der Waals surface area contributed by atoms with Gasteiger partial charge in [-0.25, -0.2) is 8.78 Å². The van der Waals surface area contributed by atoms with Gasteiger partial charge in [0.25, 0.3) is 0 Å². The Morgan fingerprint density at radius 2 is 1.15 bits per heavy atom. The first-order valence-electron chi connectivity index (χ1n) is 9.96. The average molecular weight is 372 g/mol. The first-order valence-corrected chi connectivity index (χ1v) is 9.96. The molecule has 0 bridgehead atoms. The Morgan fingerprint density at radius 3 is 1.41 bits per heavy atom. The van der Waals surface area contributed by atoms with Crippen LogP contribution in [0.1, 0.15) is 89.0 Å². The summed E-state index contributed by atoms with van der Waals surface area (Å²) in [6.45, 7) is 16.6. The molecule has 0 unspecified atom stereocenters. The maximum Gasteiger partial charge on any atom is 0.127 e. The van der Waals surface area contributed by atoms with E-state index in [0.29, 0.717) is 17.5 Å². The summed E-state index contributed by atoms with van der Waals surface area (Å²) >= 11 is 0. The van der Waals surface area contributed by atoms with Gasteiger partial charge < -0.3 is 0 Å². The number of halogens is 2. The highest BCUT2D eigenvalue weighted by Gasteiger charge is 2.25. The van der Waals surface area contributed by atoms with Gasteiger partial charge in [0.15, 0.2) is 0 Å². The van der Waals surface area contributed by atoms with E-state index in [1.165, 1.54) is 0 Å². The predicted octanol–water partition coefficient (Wildman–Crippen LogP) is 7.70. The lowest BCUT2D eigenvalue weighted by atomic mass is 9.79. The Kier molecular flexibility index (Phi) is 6.50. The molecule has 2 rings (SSSR count). The predicted molar refractivity (Wildman–Crippen MR) is 111 cm³/mol. The molecule has 0 aromatic heterocycles. The number of hydrogen-bond acceptors (Lipinski definition) is 0. The number of benzene rings is 2. The Labute approximate surface area is 164 Å². The van der Waals surface area contributed by atoms with E-state index in [4.69, 9.17) is 0 Å². The van der Waals surface area contributed by atoms with Crippen LogP contribution in [0.3, 0.4) is 0 Å². The molecule has 0 saturated carbocycles. The molecular formula is C25H33F2. The molecule has 0 aliphatic rings. The van der Waals surface area contributed by atoms with Crippen molar-refractivity contribution < 1.29 is 8.78 Å². The molecule has 1 radical (unpaired) electrons. The van der Waals surface area contributed by atoms with E-state index in [-0.39, 0.29) is 28.4 Å². The fourth-order valence-electron chi connectivity index (χ4n) is 3.35. The van der Waals surface area contributed by atoms with Crippen LogP contribution >= 0.6 is 0 Å². The SMILES string of the molecule is [CH2]CC(c1ccc(C(C)(C)CC)cc1F)c1ccc(C(C)(C)CC)cc1F. The van der Waals surface area contributed by atoms with Crippen LogP contribution in [0.25, 0.3) is 0 Å². The molecule has 0 N–H and O–H groups in total. The van der Waals surface area contributed by atoms with E-state index in [0.717, 1.165) is 24.0 Å². The Balaban J connectivity index is 2.46. The maximum atomic E-state index is 14.9. The first kappa shape index (κ1) is 21.6. The molecule has 27 heavy (non-hydrogen) atoms. The average Bonchev–Trinajstić information content (AvgIpc) is 2.64. The van der Waals surface area contributed by atoms with Crippen molar-refractivity contribution in [1.82, 2.24) is 0 Å². The minimum Gasteiger partial charge on any atom is -0.207 e. The zero-order valence-electron chi connectivity index (χ0n) is 17.6. The zero-order valence-corrected chi connectivity index (χ0v) is 17.6. The standard InChI is InChI=1S/C25H33F2/c1-8-19(20-13-11-17(15-22(20)26)24(4,5)9-2)21-14-12-18(16-23(21)27)25(6,7)10-3/h11-16,19H,1,8-10H2,2-7H3. The first-order chi connectivity index (χ1) is 12.6. The summed E-state index contributed by atoms with van der Waals surface area (Å²) in [6, 6.07) is 10.8. The molecule has 2 aromatic carbocycles. The third-order valence-corrected chi connectivity index (χ3v) is 6.37. The molecule has 0 saturated heterocycles. The number of rotatable bonds is 7. The maximum absolute atomic E-state index is 14.9. The van der Waals surface area contributed by atoms with Gasteiger partial charge in [-0.2, -0.15) is 0 Å². The molecule has 0 amide bonds. The monoisotopic (exact) mass is 371 g/mol. The van der Waals surface area contributed by atoms with E-state index in [2.05, 4.69) is 48.5 Å².